The molecule has 0 N–H and O–H groups in total. The summed E-state index contributed by atoms with van der Waals surface area (Å²) in [6, 6.07) is 5.70. The monoisotopic (exact) mass is 321 g/mol. The number of methoxy groups -OCH3 is 1. The molecule has 2 saturated carbocycles. The highest BCUT2D eigenvalue weighted by molar-refractivity contribution is 6.31. The van der Waals surface area contributed by atoms with E-state index in [-0.39, 0.29) is 5.91 Å². The van der Waals surface area contributed by atoms with Crippen molar-refractivity contribution in [3.05, 3.63) is 28.8 Å². The number of rotatable bonds is 5. The molecule has 2 fully saturated rings. The zero-order chi connectivity index (χ0) is 15.5. The number of amides is 1. The quantitative estimate of drug-likeness (QED) is 0.797. The highest BCUT2D eigenvalue weighted by atomic mass is 35.5. The van der Waals surface area contributed by atoms with Gasteiger partial charge in [-0.05, 0) is 49.8 Å². The molecule has 3 nitrogen and oxygen atoms in total. The number of ether oxygens (including phenoxy) is 1. The number of carbonyl (C=O) groups excluding carboxylic acids is 1. The van der Waals surface area contributed by atoms with Gasteiger partial charge in [-0.15, -0.1) is 0 Å². The lowest BCUT2D eigenvalue weighted by atomic mass is 9.93. The largest absolute Gasteiger partial charge is 0.497 e. The van der Waals surface area contributed by atoms with Gasteiger partial charge in [0, 0.05) is 23.2 Å². The van der Waals surface area contributed by atoms with Crippen molar-refractivity contribution >= 4 is 17.5 Å². The normalized spacial score (nSPS) is 19.0. The smallest absolute Gasteiger partial charge is 0.254 e. The van der Waals surface area contributed by atoms with E-state index in [0.29, 0.717) is 28.3 Å². The van der Waals surface area contributed by atoms with Gasteiger partial charge in [0.25, 0.3) is 5.91 Å². The predicted molar refractivity (Wildman–Crippen MR) is 88.6 cm³/mol. The van der Waals surface area contributed by atoms with Crippen molar-refractivity contribution in [2.24, 2.45) is 5.92 Å². The van der Waals surface area contributed by atoms with Crippen LogP contribution in [0.15, 0.2) is 18.2 Å². The van der Waals surface area contributed by atoms with Crippen LogP contribution in [0.25, 0.3) is 0 Å². The Kier molecular flexibility index (Phi) is 4.92. The first-order valence-electron chi connectivity index (χ1n) is 8.33. The van der Waals surface area contributed by atoms with Crippen LogP contribution in [-0.4, -0.2) is 30.5 Å². The van der Waals surface area contributed by atoms with Crippen LogP contribution in [0.3, 0.4) is 0 Å². The van der Waals surface area contributed by atoms with Crippen LogP contribution in [0.2, 0.25) is 5.02 Å². The van der Waals surface area contributed by atoms with Crippen molar-refractivity contribution in [3.8, 4) is 5.75 Å². The molecule has 0 heterocycles. The first-order valence-corrected chi connectivity index (χ1v) is 8.70. The molecule has 1 amide bonds. The Balaban J connectivity index is 1.82. The average molecular weight is 322 g/mol. The summed E-state index contributed by atoms with van der Waals surface area (Å²) < 4.78 is 5.25. The standard InChI is InChI=1S/C18H24ClNO2/c1-22-17-10-14(9-15(19)11-17)18(21)20(12-13-7-8-13)16-5-3-2-4-6-16/h9-11,13,16H,2-8,12H2,1H3. The maximum Gasteiger partial charge on any atom is 0.254 e. The highest BCUT2D eigenvalue weighted by Crippen LogP contribution is 2.34. The molecule has 0 radical (unpaired) electrons. The summed E-state index contributed by atoms with van der Waals surface area (Å²) in [5.74, 6) is 1.46. The molecule has 0 saturated heterocycles. The third-order valence-corrected chi connectivity index (χ3v) is 5.00. The molecule has 22 heavy (non-hydrogen) atoms. The second-order valence-electron chi connectivity index (χ2n) is 6.57. The zero-order valence-electron chi connectivity index (χ0n) is 13.2. The van der Waals surface area contributed by atoms with Crippen molar-refractivity contribution in [2.75, 3.05) is 13.7 Å². The van der Waals surface area contributed by atoms with E-state index in [1.807, 2.05) is 0 Å². The highest BCUT2D eigenvalue weighted by Gasteiger charge is 2.32. The number of halogens is 1. The van der Waals surface area contributed by atoms with Crippen LogP contribution in [0.1, 0.15) is 55.3 Å². The zero-order valence-corrected chi connectivity index (χ0v) is 13.9. The number of hydrogen-bond donors (Lipinski definition) is 0. The van der Waals surface area contributed by atoms with Gasteiger partial charge in [-0.25, -0.2) is 0 Å². The van der Waals surface area contributed by atoms with E-state index >= 15 is 0 Å². The maximum atomic E-state index is 13.0. The van der Waals surface area contributed by atoms with E-state index in [2.05, 4.69) is 4.90 Å². The van der Waals surface area contributed by atoms with Crippen LogP contribution in [-0.2, 0) is 0 Å². The van der Waals surface area contributed by atoms with Crippen LogP contribution in [0, 0.1) is 5.92 Å². The predicted octanol–water partition coefficient (Wildman–Crippen LogP) is 4.53. The molecule has 120 valence electrons. The number of carbonyl (C=O) groups is 1. The van der Waals surface area contributed by atoms with E-state index in [0.717, 1.165) is 19.4 Å². The summed E-state index contributed by atoms with van der Waals surface area (Å²) in [5.41, 5.74) is 0.649. The maximum absolute atomic E-state index is 13.0. The van der Waals surface area contributed by atoms with Gasteiger partial charge in [0.1, 0.15) is 5.75 Å². The molecule has 4 heteroatoms. The Hall–Kier alpha value is -1.22. The van der Waals surface area contributed by atoms with Gasteiger partial charge in [-0.1, -0.05) is 30.9 Å². The molecule has 2 aliphatic carbocycles. The molecule has 0 unspecified atom stereocenters. The topological polar surface area (TPSA) is 29.5 Å². The van der Waals surface area contributed by atoms with Gasteiger partial charge in [0.2, 0.25) is 0 Å². The molecule has 0 aliphatic heterocycles. The molecule has 1 aromatic rings. The number of hydrogen-bond acceptors (Lipinski definition) is 2. The third-order valence-electron chi connectivity index (χ3n) is 4.78. The Morgan fingerprint density at radius 3 is 2.55 bits per heavy atom. The summed E-state index contributed by atoms with van der Waals surface area (Å²) in [7, 11) is 1.60. The molecule has 3 rings (SSSR count). The second-order valence-corrected chi connectivity index (χ2v) is 7.01. The van der Waals surface area contributed by atoms with Gasteiger partial charge >= 0.3 is 0 Å². The molecule has 0 spiro atoms. The van der Waals surface area contributed by atoms with Gasteiger partial charge in [-0.2, -0.15) is 0 Å². The van der Waals surface area contributed by atoms with Crippen LogP contribution in [0.5, 0.6) is 5.75 Å². The lowest BCUT2D eigenvalue weighted by molar-refractivity contribution is 0.0621. The first-order chi connectivity index (χ1) is 10.7. The van der Waals surface area contributed by atoms with Crippen LogP contribution < -0.4 is 4.74 Å². The summed E-state index contributed by atoms with van der Waals surface area (Å²) in [6.07, 6.45) is 8.56. The number of benzene rings is 1. The lowest BCUT2D eigenvalue weighted by Crippen LogP contribution is -2.42. The third kappa shape index (κ3) is 3.75. The minimum atomic E-state index is 0.111. The van der Waals surface area contributed by atoms with Crippen molar-refractivity contribution in [1.29, 1.82) is 0 Å². The second kappa shape index (κ2) is 6.91. The van der Waals surface area contributed by atoms with E-state index < -0.39 is 0 Å². The molecule has 0 aromatic heterocycles. The van der Waals surface area contributed by atoms with Crippen molar-refractivity contribution in [2.45, 2.75) is 51.0 Å². The van der Waals surface area contributed by atoms with Gasteiger partial charge in [-0.3, -0.25) is 4.79 Å². The Labute approximate surface area is 137 Å². The summed E-state index contributed by atoms with van der Waals surface area (Å²) in [4.78, 5) is 15.2. The minimum absolute atomic E-state index is 0.111. The van der Waals surface area contributed by atoms with Crippen molar-refractivity contribution < 1.29 is 9.53 Å². The van der Waals surface area contributed by atoms with Crippen molar-refractivity contribution in [1.82, 2.24) is 4.90 Å². The molecule has 0 atom stereocenters. The van der Waals surface area contributed by atoms with E-state index in [1.165, 1.54) is 32.1 Å². The van der Waals surface area contributed by atoms with Crippen LogP contribution >= 0.6 is 11.6 Å². The molecular formula is C18H24ClNO2. The molecule has 0 bridgehead atoms. The van der Waals surface area contributed by atoms with Gasteiger partial charge < -0.3 is 9.64 Å². The van der Waals surface area contributed by atoms with Crippen LogP contribution in [0.4, 0.5) is 0 Å². The van der Waals surface area contributed by atoms with Gasteiger partial charge in [0.05, 0.1) is 7.11 Å². The lowest BCUT2D eigenvalue weighted by Gasteiger charge is -2.34. The molecule has 2 aliphatic rings. The Bertz CT molecular complexity index is 536. The van der Waals surface area contributed by atoms with E-state index in [1.54, 1.807) is 25.3 Å². The Morgan fingerprint density at radius 2 is 1.91 bits per heavy atom. The molecular weight excluding hydrogens is 298 g/mol. The average Bonchev–Trinajstić information content (AvgIpc) is 3.36. The van der Waals surface area contributed by atoms with Gasteiger partial charge in [0.15, 0.2) is 0 Å². The number of nitrogens with zero attached hydrogens (tertiary/aromatic N) is 1. The fourth-order valence-corrected chi connectivity index (χ4v) is 3.56. The fourth-order valence-electron chi connectivity index (χ4n) is 3.34. The molecule has 1 aromatic carbocycles. The van der Waals surface area contributed by atoms with E-state index in [4.69, 9.17) is 16.3 Å². The summed E-state index contributed by atoms with van der Waals surface area (Å²) in [6.45, 7) is 0.901. The SMILES string of the molecule is COc1cc(Cl)cc(C(=O)N(CC2CC2)C2CCCCC2)c1. The Morgan fingerprint density at radius 1 is 1.18 bits per heavy atom. The summed E-state index contributed by atoms with van der Waals surface area (Å²) >= 11 is 6.13. The summed E-state index contributed by atoms with van der Waals surface area (Å²) in [5, 5.41) is 0.553. The minimum Gasteiger partial charge on any atom is -0.497 e. The first kappa shape index (κ1) is 15.7. The fraction of sp³-hybridized carbons (Fsp3) is 0.611. The van der Waals surface area contributed by atoms with Crippen molar-refractivity contribution in [3.63, 3.8) is 0 Å². The van der Waals surface area contributed by atoms with E-state index in [9.17, 15) is 4.79 Å².